The Balaban J connectivity index is 3.15. The van der Waals surface area contributed by atoms with E-state index >= 15 is 0 Å². The summed E-state index contributed by atoms with van der Waals surface area (Å²) in [5, 5.41) is 11.5. The normalized spacial score (nSPS) is 14.5. The minimum atomic E-state index is -2.05. The Morgan fingerprint density at radius 1 is 1.06 bits per heavy atom. The van der Waals surface area contributed by atoms with E-state index in [-0.39, 0.29) is 11.5 Å². The summed E-state index contributed by atoms with van der Waals surface area (Å²) in [4.78, 5) is 36.8. The Kier molecular flexibility index (Phi) is 9.78. The number of ether oxygens (including phenoxy) is 1. The number of nitro groups is 1. The van der Waals surface area contributed by atoms with E-state index in [1.54, 1.807) is 20.8 Å². The third-order valence-electron chi connectivity index (χ3n) is 5.95. The molecule has 8 heteroatoms. The summed E-state index contributed by atoms with van der Waals surface area (Å²) in [7, 11) is -2.05. The molecule has 0 aliphatic carbocycles. The summed E-state index contributed by atoms with van der Waals surface area (Å²) >= 11 is 0. The molecule has 0 spiro atoms. The molecule has 180 valence electrons. The first-order chi connectivity index (χ1) is 14.5. The molecule has 7 nitrogen and oxygen atoms in total. The van der Waals surface area contributed by atoms with Crippen LogP contribution in [0.5, 0.6) is 0 Å². The highest BCUT2D eigenvalue weighted by atomic mass is 28.4. The molecule has 0 unspecified atom stereocenters. The minimum Gasteiger partial charge on any atom is -0.454 e. The number of benzene rings is 1. The summed E-state index contributed by atoms with van der Waals surface area (Å²) in [6.45, 7) is 15.6. The lowest BCUT2D eigenvalue weighted by Gasteiger charge is -2.36. The van der Waals surface area contributed by atoms with Crippen molar-refractivity contribution in [3.05, 3.63) is 46.0 Å². The fourth-order valence-corrected chi connectivity index (χ4v) is 4.18. The van der Waals surface area contributed by atoms with Crippen molar-refractivity contribution >= 4 is 20.1 Å². The van der Waals surface area contributed by atoms with Gasteiger partial charge in [-0.2, -0.15) is 0 Å². The Bertz CT molecular complexity index is 780. The number of carbonyl (C=O) groups excluding carboxylic acids is 2. The van der Waals surface area contributed by atoms with E-state index in [1.165, 1.54) is 0 Å². The lowest BCUT2D eigenvalue weighted by Crippen LogP contribution is -2.42. The molecule has 0 aliphatic heterocycles. The van der Waals surface area contributed by atoms with Crippen LogP contribution in [0.2, 0.25) is 18.1 Å². The Labute approximate surface area is 193 Å². The topological polar surface area (TPSA) is 95.7 Å². The molecule has 0 aliphatic rings. The summed E-state index contributed by atoms with van der Waals surface area (Å²) in [6.07, 6.45) is 0.553. The van der Waals surface area contributed by atoms with Crippen molar-refractivity contribution in [3.63, 3.8) is 0 Å². The number of nitrogens with zero attached hydrogens (tertiary/aromatic N) is 1. The first-order valence-corrected chi connectivity index (χ1v) is 14.0. The summed E-state index contributed by atoms with van der Waals surface area (Å²) in [5.74, 6) is -3.17. The monoisotopic (exact) mass is 465 g/mol. The smallest absolute Gasteiger partial charge is 0.375 e. The second-order valence-corrected chi connectivity index (χ2v) is 15.6. The quantitative estimate of drug-likeness (QED) is 0.149. The van der Waals surface area contributed by atoms with Crippen LogP contribution >= 0.6 is 0 Å². The number of hydrogen-bond acceptors (Lipinski definition) is 6. The van der Waals surface area contributed by atoms with Crippen molar-refractivity contribution in [3.8, 4) is 0 Å². The van der Waals surface area contributed by atoms with Gasteiger partial charge in [-0.15, -0.1) is 0 Å². The first kappa shape index (κ1) is 28.0. The highest BCUT2D eigenvalue weighted by Crippen LogP contribution is 2.37. The molecule has 0 aromatic heterocycles. The van der Waals surface area contributed by atoms with Crippen molar-refractivity contribution in [1.29, 1.82) is 0 Å². The van der Waals surface area contributed by atoms with Crippen LogP contribution < -0.4 is 0 Å². The van der Waals surface area contributed by atoms with Crippen molar-refractivity contribution in [2.24, 2.45) is 11.8 Å². The van der Waals surface area contributed by atoms with Gasteiger partial charge in [-0.05, 0) is 57.3 Å². The molecule has 32 heavy (non-hydrogen) atoms. The first-order valence-electron chi connectivity index (χ1n) is 11.1. The van der Waals surface area contributed by atoms with Crippen LogP contribution in [0.4, 0.5) is 0 Å². The number of hydrogen-bond donors (Lipinski definition) is 0. The van der Waals surface area contributed by atoms with Gasteiger partial charge in [0, 0.05) is 23.4 Å². The van der Waals surface area contributed by atoms with Crippen LogP contribution in [0, 0.1) is 22.0 Å². The molecule has 0 heterocycles. The zero-order chi connectivity index (χ0) is 24.7. The van der Waals surface area contributed by atoms with Gasteiger partial charge in [-0.3, -0.25) is 14.9 Å². The van der Waals surface area contributed by atoms with E-state index in [4.69, 9.17) is 9.16 Å². The molecule has 0 radical (unpaired) electrons. The van der Waals surface area contributed by atoms with Gasteiger partial charge in [0.15, 0.2) is 8.32 Å². The second kappa shape index (κ2) is 11.2. The second-order valence-electron chi connectivity index (χ2n) is 10.8. The maximum absolute atomic E-state index is 13.1. The molecular formula is C24H39NO6Si. The van der Waals surface area contributed by atoms with Gasteiger partial charge >= 0.3 is 5.97 Å². The molecule has 2 atom stereocenters. The third kappa shape index (κ3) is 9.20. The van der Waals surface area contributed by atoms with Gasteiger partial charge in [-0.25, -0.2) is 4.79 Å². The molecule has 0 fully saturated rings. The zero-order valence-corrected chi connectivity index (χ0v) is 21.8. The van der Waals surface area contributed by atoms with Crippen molar-refractivity contribution in [2.75, 3.05) is 13.2 Å². The van der Waals surface area contributed by atoms with E-state index in [0.29, 0.717) is 13.0 Å². The van der Waals surface area contributed by atoms with Crippen LogP contribution in [-0.2, 0) is 25.2 Å². The molecule has 0 amide bonds. The summed E-state index contributed by atoms with van der Waals surface area (Å²) in [5.41, 5.74) is 0.0155. The predicted octanol–water partition coefficient (Wildman–Crippen LogP) is 5.06. The van der Waals surface area contributed by atoms with Gasteiger partial charge < -0.3 is 9.16 Å². The highest BCUT2D eigenvalue weighted by molar-refractivity contribution is 6.74. The van der Waals surface area contributed by atoms with Crippen molar-refractivity contribution in [2.45, 2.75) is 78.1 Å². The Morgan fingerprint density at radius 2 is 1.62 bits per heavy atom. The molecule has 0 bridgehead atoms. The number of Topliss-reactive ketones (excluding diaryl/α,β-unsaturated/α-hetero) is 1. The van der Waals surface area contributed by atoms with Crippen LogP contribution in [0.3, 0.4) is 0 Å². The average Bonchev–Trinajstić information content (AvgIpc) is 2.63. The predicted molar refractivity (Wildman–Crippen MR) is 128 cm³/mol. The van der Waals surface area contributed by atoms with E-state index < -0.39 is 49.0 Å². The number of rotatable bonds is 11. The van der Waals surface area contributed by atoms with Crippen molar-refractivity contribution < 1.29 is 23.7 Å². The lowest BCUT2D eigenvalue weighted by atomic mass is 9.81. The van der Waals surface area contributed by atoms with Crippen molar-refractivity contribution in [1.82, 2.24) is 0 Å². The third-order valence-corrected chi connectivity index (χ3v) is 10.5. The molecular weight excluding hydrogens is 426 g/mol. The van der Waals surface area contributed by atoms with E-state index in [0.717, 1.165) is 5.56 Å². The molecule has 1 rings (SSSR count). The summed E-state index contributed by atoms with van der Waals surface area (Å²) < 4.78 is 11.5. The van der Waals surface area contributed by atoms with Gasteiger partial charge in [-0.1, -0.05) is 51.1 Å². The molecule has 0 saturated heterocycles. The fourth-order valence-electron chi connectivity index (χ4n) is 3.11. The zero-order valence-electron chi connectivity index (χ0n) is 20.8. The van der Waals surface area contributed by atoms with Crippen LogP contribution in [0.1, 0.15) is 53.5 Å². The SMILES string of the molecule is CC(C)(C)OC(=O)C(=O)[C@H](Cc1ccccc1)[C@H](CCO[Si](C)(C)C(C)(C)C)C[N+](=O)[O-]. The van der Waals surface area contributed by atoms with Gasteiger partial charge in [0.05, 0.1) is 0 Å². The molecule has 0 saturated carbocycles. The van der Waals surface area contributed by atoms with Crippen LogP contribution in [-0.4, -0.2) is 43.7 Å². The Morgan fingerprint density at radius 3 is 2.09 bits per heavy atom. The minimum absolute atomic E-state index is 0.00136. The molecule has 1 aromatic carbocycles. The van der Waals surface area contributed by atoms with Crippen LogP contribution in [0.15, 0.2) is 30.3 Å². The average molecular weight is 466 g/mol. The fraction of sp³-hybridized carbons (Fsp3) is 0.667. The largest absolute Gasteiger partial charge is 0.454 e. The van der Waals surface area contributed by atoms with E-state index in [1.807, 2.05) is 30.3 Å². The maximum Gasteiger partial charge on any atom is 0.375 e. The lowest BCUT2D eigenvalue weighted by molar-refractivity contribution is -0.489. The maximum atomic E-state index is 13.1. The highest BCUT2D eigenvalue weighted by Gasteiger charge is 2.40. The van der Waals surface area contributed by atoms with Gasteiger partial charge in [0.25, 0.3) is 0 Å². The Hall–Kier alpha value is -2.06. The number of carbonyl (C=O) groups is 2. The molecule has 0 N–H and O–H groups in total. The standard InChI is InChI=1S/C24H39NO6Si/c1-23(2,3)31-22(27)21(26)20(16-18-12-10-9-11-13-18)19(17-25(28)29)14-15-30-32(7,8)24(4,5)6/h9-13,19-20H,14-17H2,1-8H3/t19-,20-/m1/s1. The van der Waals surface area contributed by atoms with Crippen LogP contribution in [0.25, 0.3) is 0 Å². The van der Waals surface area contributed by atoms with E-state index in [2.05, 4.69) is 33.9 Å². The van der Waals surface area contributed by atoms with Gasteiger partial charge in [0.2, 0.25) is 12.3 Å². The number of ketones is 1. The summed E-state index contributed by atoms with van der Waals surface area (Å²) in [6, 6.07) is 9.24. The number of esters is 1. The van der Waals surface area contributed by atoms with E-state index in [9.17, 15) is 19.7 Å². The molecule has 1 aromatic rings. The van der Waals surface area contributed by atoms with Gasteiger partial charge in [0.1, 0.15) is 5.60 Å².